The Bertz CT molecular complexity index is 528. The van der Waals surface area contributed by atoms with Crippen LogP contribution in [0.15, 0.2) is 42.5 Å². The molecule has 3 heteroatoms. The third kappa shape index (κ3) is 2.67. The van der Waals surface area contributed by atoms with Gasteiger partial charge in [0, 0.05) is 12.8 Å². The molecule has 3 nitrogen and oxygen atoms in total. The summed E-state index contributed by atoms with van der Waals surface area (Å²) in [5.74, 6) is 2.53. The van der Waals surface area contributed by atoms with E-state index in [1.165, 1.54) is 18.4 Å². The Balaban J connectivity index is 1.64. The van der Waals surface area contributed by atoms with E-state index in [1.807, 2.05) is 6.07 Å². The summed E-state index contributed by atoms with van der Waals surface area (Å²) < 4.78 is 0. The van der Waals surface area contributed by atoms with Gasteiger partial charge in [0.25, 0.3) is 0 Å². The number of nitrogens with one attached hydrogen (secondary N) is 1. The molecule has 0 saturated heterocycles. The number of H-pyrrole nitrogens is 1. The standard InChI is InChI=1S/C15H17N3/c1-2-6-12(7-3-1)10-14-16-15(18-17-14)11-13-8-4-5-9-13/h1-4,6-8,13H,5,9-11H2,(H,16,17,18)/t13-/m1/s1. The second-order valence-electron chi connectivity index (χ2n) is 4.83. The minimum Gasteiger partial charge on any atom is -0.263 e. The van der Waals surface area contributed by atoms with Crippen LogP contribution in [0.2, 0.25) is 0 Å². The summed E-state index contributed by atoms with van der Waals surface area (Å²) in [7, 11) is 0. The van der Waals surface area contributed by atoms with Crippen molar-refractivity contribution in [1.82, 2.24) is 15.2 Å². The van der Waals surface area contributed by atoms with Gasteiger partial charge in [-0.2, -0.15) is 5.10 Å². The lowest BCUT2D eigenvalue weighted by molar-refractivity contribution is 0.609. The Kier molecular flexibility index (Phi) is 3.22. The van der Waals surface area contributed by atoms with E-state index in [0.717, 1.165) is 24.5 Å². The van der Waals surface area contributed by atoms with Crippen molar-refractivity contribution >= 4 is 0 Å². The average Bonchev–Trinajstić information content (AvgIpc) is 3.03. The van der Waals surface area contributed by atoms with Crippen molar-refractivity contribution in [2.75, 3.05) is 0 Å². The smallest absolute Gasteiger partial charge is 0.151 e. The highest BCUT2D eigenvalue weighted by molar-refractivity contribution is 5.18. The number of hydrogen-bond donors (Lipinski definition) is 1. The van der Waals surface area contributed by atoms with E-state index in [-0.39, 0.29) is 0 Å². The average molecular weight is 239 g/mol. The summed E-state index contributed by atoms with van der Waals surface area (Å²) in [4.78, 5) is 4.57. The van der Waals surface area contributed by atoms with Crippen LogP contribution in [0.3, 0.4) is 0 Å². The van der Waals surface area contributed by atoms with Gasteiger partial charge in [0.2, 0.25) is 0 Å². The molecule has 1 N–H and O–H groups in total. The van der Waals surface area contributed by atoms with Crippen LogP contribution in [-0.4, -0.2) is 15.2 Å². The van der Waals surface area contributed by atoms with Gasteiger partial charge in [0.1, 0.15) is 5.82 Å². The second-order valence-corrected chi connectivity index (χ2v) is 4.83. The van der Waals surface area contributed by atoms with Crippen LogP contribution in [-0.2, 0) is 12.8 Å². The Morgan fingerprint density at radius 2 is 2.11 bits per heavy atom. The summed E-state index contributed by atoms with van der Waals surface area (Å²) in [6, 6.07) is 10.4. The Hall–Kier alpha value is -1.90. The molecular weight excluding hydrogens is 222 g/mol. The number of aromatic amines is 1. The quantitative estimate of drug-likeness (QED) is 0.833. The van der Waals surface area contributed by atoms with Crippen molar-refractivity contribution in [2.45, 2.75) is 25.7 Å². The molecule has 0 spiro atoms. The normalized spacial score (nSPS) is 18.3. The van der Waals surface area contributed by atoms with Gasteiger partial charge in [-0.05, 0) is 24.3 Å². The van der Waals surface area contributed by atoms with Crippen molar-refractivity contribution < 1.29 is 0 Å². The molecule has 92 valence electrons. The molecule has 0 amide bonds. The number of benzene rings is 1. The van der Waals surface area contributed by atoms with Crippen LogP contribution < -0.4 is 0 Å². The lowest BCUT2D eigenvalue weighted by Gasteiger charge is -2.01. The van der Waals surface area contributed by atoms with Crippen LogP contribution in [0.4, 0.5) is 0 Å². The third-order valence-electron chi connectivity index (χ3n) is 3.35. The molecule has 0 saturated carbocycles. The molecule has 1 heterocycles. The number of aromatic nitrogens is 3. The van der Waals surface area contributed by atoms with E-state index >= 15 is 0 Å². The molecule has 0 aliphatic heterocycles. The SMILES string of the molecule is C1=C[C@@H](Cc2n[nH]c(Cc3ccccc3)n2)CC1. The highest BCUT2D eigenvalue weighted by Gasteiger charge is 2.13. The number of nitrogens with zero attached hydrogens (tertiary/aromatic N) is 2. The van der Waals surface area contributed by atoms with Gasteiger partial charge < -0.3 is 0 Å². The van der Waals surface area contributed by atoms with Crippen LogP contribution in [0.25, 0.3) is 0 Å². The van der Waals surface area contributed by atoms with E-state index in [2.05, 4.69) is 51.6 Å². The van der Waals surface area contributed by atoms with Crippen molar-refractivity contribution in [2.24, 2.45) is 5.92 Å². The molecular formula is C15H17N3. The molecule has 0 unspecified atom stereocenters. The summed E-state index contributed by atoms with van der Waals surface area (Å²) in [6.45, 7) is 0. The van der Waals surface area contributed by atoms with Crippen LogP contribution in [0.1, 0.15) is 30.1 Å². The molecule has 1 aromatic carbocycles. The molecule has 3 rings (SSSR count). The first kappa shape index (κ1) is 11.2. The highest BCUT2D eigenvalue weighted by Crippen LogP contribution is 2.20. The van der Waals surface area contributed by atoms with Gasteiger partial charge in [0.05, 0.1) is 0 Å². The number of hydrogen-bond acceptors (Lipinski definition) is 2. The lowest BCUT2D eigenvalue weighted by Crippen LogP contribution is -1.99. The molecule has 1 aromatic heterocycles. The summed E-state index contributed by atoms with van der Waals surface area (Å²) >= 11 is 0. The molecule has 1 atom stereocenters. The van der Waals surface area contributed by atoms with Crippen molar-refractivity contribution in [3.05, 3.63) is 59.7 Å². The van der Waals surface area contributed by atoms with Gasteiger partial charge in [0.15, 0.2) is 5.82 Å². The topological polar surface area (TPSA) is 41.6 Å². The summed E-state index contributed by atoms with van der Waals surface area (Å²) in [5.41, 5.74) is 1.26. The zero-order chi connectivity index (χ0) is 12.2. The predicted octanol–water partition coefficient (Wildman–Crippen LogP) is 2.90. The van der Waals surface area contributed by atoms with Crippen molar-refractivity contribution in [3.63, 3.8) is 0 Å². The molecule has 0 fully saturated rings. The molecule has 1 aliphatic carbocycles. The fraction of sp³-hybridized carbons (Fsp3) is 0.333. The largest absolute Gasteiger partial charge is 0.263 e. The molecule has 0 bridgehead atoms. The van der Waals surface area contributed by atoms with Gasteiger partial charge in [-0.25, -0.2) is 4.98 Å². The number of rotatable bonds is 4. The molecule has 1 aliphatic rings. The third-order valence-corrected chi connectivity index (χ3v) is 3.35. The molecule has 18 heavy (non-hydrogen) atoms. The summed E-state index contributed by atoms with van der Waals surface area (Å²) in [6.07, 6.45) is 8.76. The number of allylic oxidation sites excluding steroid dienone is 2. The highest BCUT2D eigenvalue weighted by atomic mass is 15.2. The monoisotopic (exact) mass is 239 g/mol. The van der Waals surface area contributed by atoms with Crippen LogP contribution in [0, 0.1) is 5.92 Å². The van der Waals surface area contributed by atoms with Crippen molar-refractivity contribution in [1.29, 1.82) is 0 Å². The van der Waals surface area contributed by atoms with Gasteiger partial charge in [-0.1, -0.05) is 42.5 Å². The lowest BCUT2D eigenvalue weighted by atomic mass is 10.1. The maximum Gasteiger partial charge on any atom is 0.151 e. The first-order chi connectivity index (χ1) is 8.90. The molecule has 0 radical (unpaired) electrons. The van der Waals surface area contributed by atoms with E-state index in [4.69, 9.17) is 0 Å². The zero-order valence-electron chi connectivity index (χ0n) is 10.3. The van der Waals surface area contributed by atoms with Crippen LogP contribution in [0.5, 0.6) is 0 Å². The van der Waals surface area contributed by atoms with E-state index < -0.39 is 0 Å². The zero-order valence-corrected chi connectivity index (χ0v) is 10.3. The van der Waals surface area contributed by atoms with Gasteiger partial charge in [-0.3, -0.25) is 5.10 Å². The van der Waals surface area contributed by atoms with Crippen molar-refractivity contribution in [3.8, 4) is 0 Å². The first-order valence-electron chi connectivity index (χ1n) is 6.51. The van der Waals surface area contributed by atoms with Gasteiger partial charge >= 0.3 is 0 Å². The maximum absolute atomic E-state index is 4.57. The van der Waals surface area contributed by atoms with E-state index in [0.29, 0.717) is 5.92 Å². The van der Waals surface area contributed by atoms with E-state index in [9.17, 15) is 0 Å². The predicted molar refractivity (Wildman–Crippen MR) is 71.2 cm³/mol. The first-order valence-corrected chi connectivity index (χ1v) is 6.51. The molecule has 2 aromatic rings. The van der Waals surface area contributed by atoms with Gasteiger partial charge in [-0.15, -0.1) is 0 Å². The Labute approximate surface area is 107 Å². The van der Waals surface area contributed by atoms with E-state index in [1.54, 1.807) is 0 Å². The minimum atomic E-state index is 0.630. The summed E-state index contributed by atoms with van der Waals surface area (Å²) in [5, 5.41) is 7.35. The fourth-order valence-corrected chi connectivity index (χ4v) is 2.39. The Morgan fingerprint density at radius 3 is 2.89 bits per heavy atom. The van der Waals surface area contributed by atoms with Crippen LogP contribution >= 0.6 is 0 Å². The fourth-order valence-electron chi connectivity index (χ4n) is 2.39. The minimum absolute atomic E-state index is 0.630. The second kappa shape index (κ2) is 5.17. The Morgan fingerprint density at radius 1 is 1.22 bits per heavy atom. The maximum atomic E-state index is 4.57.